The lowest BCUT2D eigenvalue weighted by Crippen LogP contribution is -2.42. The molecule has 7 nitrogen and oxygen atoms in total. The van der Waals surface area contributed by atoms with Crippen LogP contribution in [0.5, 0.6) is 0 Å². The minimum atomic E-state index is -0.927. The summed E-state index contributed by atoms with van der Waals surface area (Å²) in [5.41, 5.74) is 2.21. The first-order valence-corrected chi connectivity index (χ1v) is 7.94. The topological polar surface area (TPSA) is 101 Å². The van der Waals surface area contributed by atoms with Crippen molar-refractivity contribution >= 4 is 23.5 Å². The Morgan fingerprint density at radius 1 is 1.27 bits per heavy atom. The van der Waals surface area contributed by atoms with Gasteiger partial charge in [0.1, 0.15) is 23.3 Å². The lowest BCUT2D eigenvalue weighted by Gasteiger charge is -2.33. The average molecular weight is 343 g/mol. The van der Waals surface area contributed by atoms with Gasteiger partial charge < -0.3 is 5.11 Å². The second-order valence-corrected chi connectivity index (χ2v) is 5.86. The number of carboxylic acids is 1. The number of nitriles is 1. The first kappa shape index (κ1) is 15.7. The Labute approximate surface area is 149 Å². The largest absolute Gasteiger partial charge is 0.481 e. The van der Waals surface area contributed by atoms with Gasteiger partial charge in [0.05, 0.1) is 12.1 Å². The fourth-order valence-electron chi connectivity index (χ4n) is 3.03. The van der Waals surface area contributed by atoms with E-state index >= 15 is 0 Å². The number of hydrogen-bond donors (Lipinski definition) is 1. The molecule has 0 amide bonds. The van der Waals surface area contributed by atoms with Crippen molar-refractivity contribution in [3.63, 3.8) is 0 Å². The van der Waals surface area contributed by atoms with E-state index in [1.165, 1.54) is 0 Å². The molecule has 0 saturated carbocycles. The van der Waals surface area contributed by atoms with Gasteiger partial charge in [-0.15, -0.1) is 0 Å². The molecule has 0 unspecified atom stereocenters. The Bertz CT molecular complexity index is 1060. The third kappa shape index (κ3) is 2.45. The molecule has 26 heavy (non-hydrogen) atoms. The summed E-state index contributed by atoms with van der Waals surface area (Å²) in [6.45, 7) is 1.76. The van der Waals surface area contributed by atoms with Crippen LogP contribution in [0.3, 0.4) is 0 Å². The minimum Gasteiger partial charge on any atom is -0.481 e. The van der Waals surface area contributed by atoms with Crippen molar-refractivity contribution in [1.82, 2.24) is 4.90 Å². The SMILES string of the molecule is CC1=C(C#N)C2=NC(c3ccccc3CC(=O)O)=NC3=CC=CC(=N1)N32. The summed E-state index contributed by atoms with van der Waals surface area (Å²) in [7, 11) is 0. The molecule has 0 saturated heterocycles. The summed E-state index contributed by atoms with van der Waals surface area (Å²) in [4.78, 5) is 26.5. The zero-order valence-corrected chi connectivity index (χ0v) is 13.8. The lowest BCUT2D eigenvalue weighted by molar-refractivity contribution is -0.136. The summed E-state index contributed by atoms with van der Waals surface area (Å²) in [6.07, 6.45) is 5.34. The second kappa shape index (κ2) is 5.93. The number of nitrogens with zero attached hydrogens (tertiary/aromatic N) is 5. The van der Waals surface area contributed by atoms with Crippen LogP contribution in [0.4, 0.5) is 0 Å². The average Bonchev–Trinajstić information content (AvgIpc) is 2.62. The molecule has 4 rings (SSSR count). The van der Waals surface area contributed by atoms with E-state index in [2.05, 4.69) is 21.0 Å². The van der Waals surface area contributed by atoms with Crippen LogP contribution in [-0.2, 0) is 11.2 Å². The third-order valence-corrected chi connectivity index (χ3v) is 4.17. The Balaban J connectivity index is 1.91. The summed E-state index contributed by atoms with van der Waals surface area (Å²) in [6, 6.07) is 9.28. The molecule has 1 aromatic rings. The van der Waals surface area contributed by atoms with Crippen molar-refractivity contribution < 1.29 is 9.90 Å². The molecule has 0 aromatic heterocycles. The Hall–Kier alpha value is -3.79. The number of rotatable bonds is 3. The van der Waals surface area contributed by atoms with Crippen LogP contribution >= 0.6 is 0 Å². The van der Waals surface area contributed by atoms with E-state index in [0.717, 1.165) is 0 Å². The van der Waals surface area contributed by atoms with Crippen molar-refractivity contribution in [3.05, 3.63) is 70.7 Å². The zero-order valence-electron chi connectivity index (χ0n) is 13.8. The number of aliphatic carboxylic acids is 1. The van der Waals surface area contributed by atoms with E-state index in [1.807, 2.05) is 24.3 Å². The lowest BCUT2D eigenvalue weighted by atomic mass is 10.0. The maximum absolute atomic E-state index is 11.2. The highest BCUT2D eigenvalue weighted by molar-refractivity contribution is 6.24. The first-order chi connectivity index (χ1) is 12.6. The minimum absolute atomic E-state index is 0.130. The summed E-state index contributed by atoms with van der Waals surface area (Å²) in [5, 5.41) is 18.7. The summed E-state index contributed by atoms with van der Waals surface area (Å²) < 4.78 is 0. The number of benzene rings is 1. The summed E-state index contributed by atoms with van der Waals surface area (Å²) >= 11 is 0. The Morgan fingerprint density at radius 2 is 2.08 bits per heavy atom. The van der Waals surface area contributed by atoms with Crippen LogP contribution in [-0.4, -0.2) is 33.5 Å². The first-order valence-electron chi connectivity index (χ1n) is 7.94. The smallest absolute Gasteiger partial charge is 0.307 e. The molecule has 3 heterocycles. The van der Waals surface area contributed by atoms with Crippen LogP contribution in [0.25, 0.3) is 0 Å². The number of aliphatic imine (C=N–C) groups is 3. The van der Waals surface area contributed by atoms with Gasteiger partial charge in [-0.1, -0.05) is 30.3 Å². The fourth-order valence-corrected chi connectivity index (χ4v) is 3.03. The molecule has 1 aromatic carbocycles. The van der Waals surface area contributed by atoms with E-state index in [0.29, 0.717) is 45.7 Å². The van der Waals surface area contributed by atoms with Crippen LogP contribution in [0.1, 0.15) is 18.1 Å². The second-order valence-electron chi connectivity index (χ2n) is 5.86. The summed E-state index contributed by atoms with van der Waals surface area (Å²) in [5.74, 6) is 1.16. The van der Waals surface area contributed by atoms with E-state index in [9.17, 15) is 10.1 Å². The van der Waals surface area contributed by atoms with Crippen molar-refractivity contribution in [3.8, 4) is 6.07 Å². The van der Waals surface area contributed by atoms with Gasteiger partial charge in [0.15, 0.2) is 11.7 Å². The van der Waals surface area contributed by atoms with Gasteiger partial charge in [0.25, 0.3) is 0 Å². The zero-order chi connectivity index (χ0) is 18.3. The Morgan fingerprint density at radius 3 is 2.85 bits per heavy atom. The maximum Gasteiger partial charge on any atom is 0.307 e. The molecule has 0 bridgehead atoms. The van der Waals surface area contributed by atoms with Gasteiger partial charge in [-0.05, 0) is 24.6 Å². The molecule has 0 atom stereocenters. The molecule has 0 spiro atoms. The highest BCUT2D eigenvalue weighted by atomic mass is 16.4. The van der Waals surface area contributed by atoms with Crippen LogP contribution < -0.4 is 0 Å². The maximum atomic E-state index is 11.2. The highest BCUT2D eigenvalue weighted by Gasteiger charge is 2.33. The number of amidine groups is 3. The molecule has 3 aliphatic heterocycles. The van der Waals surface area contributed by atoms with Crippen LogP contribution in [0, 0.1) is 11.3 Å². The number of carbonyl (C=O) groups is 1. The van der Waals surface area contributed by atoms with Crippen molar-refractivity contribution in [2.45, 2.75) is 13.3 Å². The van der Waals surface area contributed by atoms with Gasteiger partial charge in [0, 0.05) is 5.56 Å². The third-order valence-electron chi connectivity index (χ3n) is 4.17. The van der Waals surface area contributed by atoms with Crippen molar-refractivity contribution in [2.24, 2.45) is 15.0 Å². The van der Waals surface area contributed by atoms with Gasteiger partial charge in [-0.2, -0.15) is 5.26 Å². The molecular weight excluding hydrogens is 330 g/mol. The van der Waals surface area contributed by atoms with E-state index in [-0.39, 0.29) is 6.42 Å². The predicted octanol–water partition coefficient (Wildman–Crippen LogP) is 2.40. The molecule has 1 N–H and O–H groups in total. The molecule has 0 radical (unpaired) electrons. The Kier molecular flexibility index (Phi) is 3.59. The molecule has 0 fully saturated rings. The van der Waals surface area contributed by atoms with Crippen LogP contribution in [0.15, 0.2) is 74.6 Å². The molecule has 3 aliphatic rings. The van der Waals surface area contributed by atoms with Crippen molar-refractivity contribution in [2.75, 3.05) is 0 Å². The number of carboxylic acid groups (broad SMARTS) is 1. The number of hydrogen-bond acceptors (Lipinski definition) is 6. The predicted molar refractivity (Wildman–Crippen MR) is 96.6 cm³/mol. The van der Waals surface area contributed by atoms with Gasteiger partial charge in [0.2, 0.25) is 0 Å². The normalized spacial score (nSPS) is 17.6. The quantitative estimate of drug-likeness (QED) is 0.910. The standard InChI is InChI=1S/C19H13N5O2/c1-11-14(10-20)19-23-18(13-6-3-2-5-12(13)9-17(25)26)22-16-8-4-7-15(21-11)24(16)19/h2-8H,9H2,1H3,(H,25,26). The highest BCUT2D eigenvalue weighted by Crippen LogP contribution is 2.29. The van der Waals surface area contributed by atoms with Gasteiger partial charge >= 0.3 is 5.97 Å². The monoisotopic (exact) mass is 343 g/mol. The molecular formula is C19H13N5O2. The van der Waals surface area contributed by atoms with E-state index in [1.54, 1.807) is 30.0 Å². The number of allylic oxidation sites excluding steroid dienone is 3. The molecule has 126 valence electrons. The van der Waals surface area contributed by atoms with Gasteiger partial charge in [-0.25, -0.2) is 15.0 Å². The molecule has 7 heteroatoms. The van der Waals surface area contributed by atoms with E-state index in [4.69, 9.17) is 5.11 Å². The van der Waals surface area contributed by atoms with Crippen molar-refractivity contribution in [1.29, 1.82) is 5.26 Å². The molecule has 0 aliphatic carbocycles. The van der Waals surface area contributed by atoms with E-state index < -0.39 is 5.97 Å². The van der Waals surface area contributed by atoms with Crippen LogP contribution in [0.2, 0.25) is 0 Å². The van der Waals surface area contributed by atoms with Gasteiger partial charge in [-0.3, -0.25) is 9.69 Å². The fraction of sp³-hybridized carbons (Fsp3) is 0.105.